The minimum absolute atomic E-state index is 0.00386. The maximum Gasteiger partial charge on any atom is 0.293 e. The third-order valence-electron chi connectivity index (χ3n) is 0.907. The van der Waals surface area contributed by atoms with E-state index >= 15 is 0 Å². The second-order valence-corrected chi connectivity index (χ2v) is 1.81. The van der Waals surface area contributed by atoms with Crippen LogP contribution in [0.25, 0.3) is 0 Å². The molecule has 0 aliphatic rings. The molecule has 0 aromatic carbocycles. The number of thiol groups is 1. The van der Waals surface area contributed by atoms with E-state index in [9.17, 15) is 4.79 Å². The van der Waals surface area contributed by atoms with Gasteiger partial charge in [-0.3, -0.25) is 4.79 Å². The molecule has 0 amide bonds. The Kier molecular flexibility index (Phi) is 4.85. The van der Waals surface area contributed by atoms with Gasteiger partial charge in [0.15, 0.2) is 0 Å². The minimum atomic E-state index is -0.00386. The SMILES string of the molecule is CCC(CS)OC=O. The van der Waals surface area contributed by atoms with E-state index in [-0.39, 0.29) is 6.10 Å². The van der Waals surface area contributed by atoms with Crippen LogP contribution in [0, 0.1) is 0 Å². The van der Waals surface area contributed by atoms with Gasteiger partial charge in [0.2, 0.25) is 0 Å². The summed E-state index contributed by atoms with van der Waals surface area (Å²) in [6.07, 6.45) is 0.832. The van der Waals surface area contributed by atoms with Gasteiger partial charge in [-0.2, -0.15) is 12.6 Å². The third-order valence-corrected chi connectivity index (χ3v) is 1.31. The number of hydrogen-bond acceptors (Lipinski definition) is 3. The van der Waals surface area contributed by atoms with E-state index in [0.29, 0.717) is 12.2 Å². The van der Waals surface area contributed by atoms with E-state index < -0.39 is 0 Å². The summed E-state index contributed by atoms with van der Waals surface area (Å²) in [4.78, 5) is 9.68. The molecule has 1 unspecified atom stereocenters. The Morgan fingerprint density at radius 3 is 2.62 bits per heavy atom. The fourth-order valence-corrected chi connectivity index (χ4v) is 0.691. The Bertz CT molecular complexity index is 61.4. The first-order valence-electron chi connectivity index (χ1n) is 2.55. The highest BCUT2D eigenvalue weighted by molar-refractivity contribution is 7.80. The van der Waals surface area contributed by atoms with Crippen molar-refractivity contribution in [2.45, 2.75) is 19.4 Å². The lowest BCUT2D eigenvalue weighted by molar-refractivity contribution is -0.132. The first-order valence-corrected chi connectivity index (χ1v) is 3.18. The summed E-state index contributed by atoms with van der Waals surface area (Å²) in [7, 11) is 0. The fourth-order valence-electron chi connectivity index (χ4n) is 0.347. The van der Waals surface area contributed by atoms with Crippen molar-refractivity contribution in [2.24, 2.45) is 0 Å². The second kappa shape index (κ2) is 4.97. The highest BCUT2D eigenvalue weighted by atomic mass is 32.1. The molecule has 0 N–H and O–H groups in total. The Morgan fingerprint density at radius 2 is 2.50 bits per heavy atom. The first-order chi connectivity index (χ1) is 3.85. The molecule has 3 heteroatoms. The van der Waals surface area contributed by atoms with E-state index in [0.717, 1.165) is 6.42 Å². The third kappa shape index (κ3) is 2.91. The van der Waals surface area contributed by atoms with Gasteiger partial charge in [-0.25, -0.2) is 0 Å². The number of hydrogen-bond donors (Lipinski definition) is 1. The van der Waals surface area contributed by atoms with Gasteiger partial charge in [0.05, 0.1) is 0 Å². The molecule has 0 aliphatic heterocycles. The Morgan fingerprint density at radius 1 is 1.88 bits per heavy atom. The van der Waals surface area contributed by atoms with Crippen LogP contribution in [0.2, 0.25) is 0 Å². The number of carbonyl (C=O) groups excluding carboxylic acids is 1. The average molecular weight is 134 g/mol. The summed E-state index contributed by atoms with van der Waals surface area (Å²) in [6, 6.07) is 0. The zero-order valence-corrected chi connectivity index (χ0v) is 5.73. The highest BCUT2D eigenvalue weighted by Crippen LogP contribution is 1.96. The van der Waals surface area contributed by atoms with Gasteiger partial charge in [-0.15, -0.1) is 0 Å². The van der Waals surface area contributed by atoms with E-state index in [1.165, 1.54) is 0 Å². The van der Waals surface area contributed by atoms with Crippen molar-refractivity contribution in [1.29, 1.82) is 0 Å². The largest absolute Gasteiger partial charge is 0.464 e. The molecule has 0 aliphatic carbocycles. The van der Waals surface area contributed by atoms with Crippen molar-refractivity contribution < 1.29 is 9.53 Å². The van der Waals surface area contributed by atoms with Gasteiger partial charge in [0, 0.05) is 5.75 Å². The van der Waals surface area contributed by atoms with Crippen molar-refractivity contribution in [1.82, 2.24) is 0 Å². The lowest BCUT2D eigenvalue weighted by Crippen LogP contribution is -2.11. The smallest absolute Gasteiger partial charge is 0.293 e. The monoisotopic (exact) mass is 134 g/mol. The van der Waals surface area contributed by atoms with Gasteiger partial charge in [-0.1, -0.05) is 6.92 Å². The first kappa shape index (κ1) is 7.82. The summed E-state index contributed by atoms with van der Waals surface area (Å²) in [5.41, 5.74) is 0. The molecule has 0 fully saturated rings. The summed E-state index contributed by atoms with van der Waals surface area (Å²) in [5.74, 6) is 0.606. The predicted molar refractivity (Wildman–Crippen MR) is 35.1 cm³/mol. The quantitative estimate of drug-likeness (QED) is 0.456. The van der Waals surface area contributed by atoms with Crippen molar-refractivity contribution in [2.75, 3.05) is 5.75 Å². The molecule has 48 valence electrons. The van der Waals surface area contributed by atoms with Crippen molar-refractivity contribution >= 4 is 19.1 Å². The molecular formula is C5H10O2S. The van der Waals surface area contributed by atoms with Crippen molar-refractivity contribution in [3.63, 3.8) is 0 Å². The Balaban J connectivity index is 3.20. The number of carbonyl (C=O) groups is 1. The van der Waals surface area contributed by atoms with Gasteiger partial charge < -0.3 is 4.74 Å². The molecule has 0 saturated heterocycles. The zero-order chi connectivity index (χ0) is 6.41. The van der Waals surface area contributed by atoms with Gasteiger partial charge in [0.1, 0.15) is 6.10 Å². The summed E-state index contributed by atoms with van der Waals surface area (Å²) >= 11 is 3.95. The zero-order valence-electron chi connectivity index (χ0n) is 4.83. The lowest BCUT2D eigenvalue weighted by atomic mass is 10.3. The topological polar surface area (TPSA) is 26.3 Å². The lowest BCUT2D eigenvalue weighted by Gasteiger charge is -2.06. The molecule has 1 atom stereocenters. The van der Waals surface area contributed by atoms with E-state index in [2.05, 4.69) is 17.4 Å². The molecule has 0 aromatic heterocycles. The normalized spacial score (nSPS) is 12.8. The molecule has 0 saturated carbocycles. The van der Waals surface area contributed by atoms with Gasteiger partial charge in [-0.05, 0) is 6.42 Å². The number of ether oxygens (including phenoxy) is 1. The van der Waals surface area contributed by atoms with Crippen LogP contribution in [-0.2, 0) is 9.53 Å². The van der Waals surface area contributed by atoms with Crippen LogP contribution in [0.3, 0.4) is 0 Å². The molecule has 8 heavy (non-hydrogen) atoms. The fraction of sp³-hybridized carbons (Fsp3) is 0.800. The van der Waals surface area contributed by atoms with Gasteiger partial charge in [0.25, 0.3) is 6.47 Å². The van der Waals surface area contributed by atoms with Crippen molar-refractivity contribution in [3.8, 4) is 0 Å². The summed E-state index contributed by atoms with van der Waals surface area (Å²) < 4.78 is 4.58. The van der Waals surface area contributed by atoms with Crippen LogP contribution >= 0.6 is 12.6 Å². The van der Waals surface area contributed by atoms with E-state index in [1.54, 1.807) is 0 Å². The highest BCUT2D eigenvalue weighted by Gasteiger charge is 2.00. The summed E-state index contributed by atoms with van der Waals surface area (Å²) in [6.45, 7) is 2.41. The maximum absolute atomic E-state index is 9.68. The van der Waals surface area contributed by atoms with Crippen LogP contribution < -0.4 is 0 Å². The molecule has 0 bridgehead atoms. The average Bonchev–Trinajstić information content (AvgIpc) is 1.83. The van der Waals surface area contributed by atoms with Crippen LogP contribution in [0.15, 0.2) is 0 Å². The van der Waals surface area contributed by atoms with E-state index in [4.69, 9.17) is 0 Å². The predicted octanol–water partition coefficient (Wildman–Crippen LogP) is 0.868. The molecule has 0 rings (SSSR count). The maximum atomic E-state index is 9.68. The minimum Gasteiger partial charge on any atom is -0.464 e. The second-order valence-electron chi connectivity index (χ2n) is 1.45. The number of rotatable bonds is 4. The van der Waals surface area contributed by atoms with Gasteiger partial charge >= 0.3 is 0 Å². The Hall–Kier alpha value is -0.180. The van der Waals surface area contributed by atoms with Crippen molar-refractivity contribution in [3.05, 3.63) is 0 Å². The molecule has 2 nitrogen and oxygen atoms in total. The van der Waals surface area contributed by atoms with Crippen LogP contribution in [0.5, 0.6) is 0 Å². The standard InChI is InChI=1S/C5H10O2S/c1-2-5(3-8)7-4-6/h4-5,8H,2-3H2,1H3. The molecule has 0 heterocycles. The molecule has 0 aromatic rings. The van der Waals surface area contributed by atoms with Crippen LogP contribution in [0.1, 0.15) is 13.3 Å². The molecular weight excluding hydrogens is 124 g/mol. The van der Waals surface area contributed by atoms with Crippen LogP contribution in [0.4, 0.5) is 0 Å². The van der Waals surface area contributed by atoms with E-state index in [1.807, 2.05) is 6.92 Å². The summed E-state index contributed by atoms with van der Waals surface area (Å²) in [5, 5.41) is 0. The van der Waals surface area contributed by atoms with Crippen LogP contribution in [-0.4, -0.2) is 18.3 Å². The Labute approximate surface area is 54.6 Å². The molecule has 0 radical (unpaired) electrons. The molecule has 0 spiro atoms.